The smallest absolute Gasteiger partial charge is 0.332 e. The SMILES string of the molecule is Cc1cnc2c(c1N1CCC(F)(F)CC1)c(=O)n(C)c(=O)n2C. The molecule has 3 heterocycles. The van der Waals surface area contributed by atoms with Crippen LogP contribution in [0.25, 0.3) is 11.0 Å². The number of piperidine rings is 1. The van der Waals surface area contributed by atoms with Gasteiger partial charge in [0, 0.05) is 46.2 Å². The first-order chi connectivity index (χ1) is 10.7. The summed E-state index contributed by atoms with van der Waals surface area (Å²) in [6.07, 6.45) is 1.08. The largest absolute Gasteiger partial charge is 0.370 e. The minimum atomic E-state index is -2.66. The zero-order chi connectivity index (χ0) is 16.9. The minimum absolute atomic E-state index is 0.166. The van der Waals surface area contributed by atoms with Crippen molar-refractivity contribution in [1.82, 2.24) is 14.1 Å². The van der Waals surface area contributed by atoms with Crippen molar-refractivity contribution in [2.75, 3.05) is 18.0 Å². The number of halogens is 2. The number of aromatic nitrogens is 3. The number of nitrogens with zero attached hydrogens (tertiary/aromatic N) is 4. The van der Waals surface area contributed by atoms with Crippen molar-refractivity contribution >= 4 is 16.7 Å². The van der Waals surface area contributed by atoms with Crippen molar-refractivity contribution in [2.45, 2.75) is 25.7 Å². The summed E-state index contributed by atoms with van der Waals surface area (Å²) in [5.41, 5.74) is 0.692. The summed E-state index contributed by atoms with van der Waals surface area (Å²) in [4.78, 5) is 30.6. The molecule has 0 aromatic carbocycles. The first-order valence-electron chi connectivity index (χ1n) is 7.41. The first kappa shape index (κ1) is 15.6. The number of aryl methyl sites for hydroxylation is 2. The molecular formula is C15H18F2N4O2. The maximum Gasteiger partial charge on any atom is 0.332 e. The van der Waals surface area contributed by atoms with Crippen molar-refractivity contribution in [2.24, 2.45) is 14.1 Å². The van der Waals surface area contributed by atoms with Crippen LogP contribution in [-0.2, 0) is 14.1 Å². The van der Waals surface area contributed by atoms with Gasteiger partial charge in [0.15, 0.2) is 5.65 Å². The molecule has 1 aliphatic heterocycles. The lowest BCUT2D eigenvalue weighted by molar-refractivity contribution is -0.0220. The number of hydrogen-bond acceptors (Lipinski definition) is 4. The molecule has 2 aromatic heterocycles. The molecule has 8 heteroatoms. The molecule has 1 fully saturated rings. The molecule has 0 saturated carbocycles. The third-order valence-electron chi connectivity index (χ3n) is 4.44. The molecule has 23 heavy (non-hydrogen) atoms. The van der Waals surface area contributed by atoms with Crippen LogP contribution in [0.4, 0.5) is 14.5 Å². The molecule has 0 amide bonds. The van der Waals surface area contributed by atoms with Gasteiger partial charge < -0.3 is 4.90 Å². The molecule has 0 aliphatic carbocycles. The van der Waals surface area contributed by atoms with E-state index in [1.807, 2.05) is 0 Å². The van der Waals surface area contributed by atoms with E-state index in [0.717, 1.165) is 10.1 Å². The highest BCUT2D eigenvalue weighted by Gasteiger charge is 2.35. The summed E-state index contributed by atoms with van der Waals surface area (Å²) >= 11 is 0. The van der Waals surface area contributed by atoms with E-state index in [-0.39, 0.29) is 31.6 Å². The first-order valence-corrected chi connectivity index (χ1v) is 7.41. The number of rotatable bonds is 1. The van der Waals surface area contributed by atoms with E-state index in [9.17, 15) is 18.4 Å². The van der Waals surface area contributed by atoms with E-state index in [0.29, 0.717) is 11.1 Å². The Kier molecular flexibility index (Phi) is 3.50. The third kappa shape index (κ3) is 2.42. The molecule has 0 N–H and O–H groups in total. The van der Waals surface area contributed by atoms with Crippen LogP contribution in [0.2, 0.25) is 0 Å². The van der Waals surface area contributed by atoms with Crippen LogP contribution >= 0.6 is 0 Å². The molecule has 0 atom stereocenters. The highest BCUT2D eigenvalue weighted by molar-refractivity contribution is 5.90. The van der Waals surface area contributed by atoms with E-state index < -0.39 is 17.2 Å². The highest BCUT2D eigenvalue weighted by Crippen LogP contribution is 2.33. The van der Waals surface area contributed by atoms with Gasteiger partial charge in [-0.3, -0.25) is 13.9 Å². The second-order valence-corrected chi connectivity index (χ2v) is 6.04. The molecule has 124 valence electrons. The van der Waals surface area contributed by atoms with E-state index >= 15 is 0 Å². The van der Waals surface area contributed by atoms with Gasteiger partial charge in [0.1, 0.15) is 5.39 Å². The normalized spacial score (nSPS) is 17.7. The number of anilines is 1. The summed E-state index contributed by atoms with van der Waals surface area (Å²) in [7, 11) is 2.95. The molecule has 1 aliphatic rings. The molecule has 0 spiro atoms. The number of hydrogen-bond donors (Lipinski definition) is 0. The van der Waals surface area contributed by atoms with Crippen molar-refractivity contribution in [3.05, 3.63) is 32.6 Å². The van der Waals surface area contributed by atoms with Crippen molar-refractivity contribution in [3.8, 4) is 0 Å². The zero-order valence-electron chi connectivity index (χ0n) is 13.3. The Morgan fingerprint density at radius 2 is 1.74 bits per heavy atom. The van der Waals surface area contributed by atoms with E-state index in [1.165, 1.54) is 11.6 Å². The lowest BCUT2D eigenvalue weighted by atomic mass is 10.0. The lowest BCUT2D eigenvalue weighted by Gasteiger charge is -2.34. The van der Waals surface area contributed by atoms with E-state index in [2.05, 4.69) is 4.98 Å². The zero-order valence-corrected chi connectivity index (χ0v) is 13.3. The minimum Gasteiger partial charge on any atom is -0.370 e. The second-order valence-electron chi connectivity index (χ2n) is 6.04. The van der Waals surface area contributed by atoms with Crippen LogP contribution < -0.4 is 16.1 Å². The summed E-state index contributed by atoms with van der Waals surface area (Å²) < 4.78 is 29.2. The average Bonchev–Trinajstić information content (AvgIpc) is 2.51. The monoisotopic (exact) mass is 324 g/mol. The molecule has 1 saturated heterocycles. The van der Waals surface area contributed by atoms with Gasteiger partial charge in [0.2, 0.25) is 0 Å². The van der Waals surface area contributed by atoms with E-state index in [4.69, 9.17) is 0 Å². The molecule has 2 aromatic rings. The second kappa shape index (κ2) is 5.14. The summed E-state index contributed by atoms with van der Waals surface area (Å²) in [6, 6.07) is 0. The molecule has 0 radical (unpaired) electrons. The molecule has 0 unspecified atom stereocenters. The van der Waals surface area contributed by atoms with Crippen LogP contribution in [0.15, 0.2) is 15.8 Å². The maximum absolute atomic E-state index is 13.4. The van der Waals surface area contributed by atoms with Crippen molar-refractivity contribution < 1.29 is 8.78 Å². The lowest BCUT2D eigenvalue weighted by Crippen LogP contribution is -2.42. The Bertz CT molecular complexity index is 891. The van der Waals surface area contributed by atoms with Gasteiger partial charge in [-0.25, -0.2) is 18.6 Å². The van der Waals surface area contributed by atoms with Gasteiger partial charge in [-0.15, -0.1) is 0 Å². The Hall–Kier alpha value is -2.25. The fourth-order valence-corrected chi connectivity index (χ4v) is 3.07. The molecule has 6 nitrogen and oxygen atoms in total. The molecule has 0 bridgehead atoms. The highest BCUT2D eigenvalue weighted by atomic mass is 19.3. The molecule has 3 rings (SSSR count). The quantitative estimate of drug-likeness (QED) is 0.790. The van der Waals surface area contributed by atoms with Crippen LogP contribution in [-0.4, -0.2) is 33.1 Å². The Morgan fingerprint density at radius 1 is 1.13 bits per heavy atom. The Balaban J connectivity index is 2.27. The van der Waals surface area contributed by atoms with Crippen molar-refractivity contribution in [3.63, 3.8) is 0 Å². The fraction of sp³-hybridized carbons (Fsp3) is 0.533. The van der Waals surface area contributed by atoms with Crippen LogP contribution in [0.1, 0.15) is 18.4 Å². The van der Waals surface area contributed by atoms with Gasteiger partial charge >= 0.3 is 5.69 Å². The fourth-order valence-electron chi connectivity index (χ4n) is 3.07. The number of pyridine rings is 1. The summed E-state index contributed by atoms with van der Waals surface area (Å²) in [6.45, 7) is 2.12. The van der Waals surface area contributed by atoms with Crippen LogP contribution in [0, 0.1) is 6.92 Å². The Labute approximate surface area is 131 Å². The average molecular weight is 324 g/mol. The van der Waals surface area contributed by atoms with Gasteiger partial charge in [-0.2, -0.15) is 0 Å². The van der Waals surface area contributed by atoms with Crippen LogP contribution in [0.5, 0.6) is 0 Å². The standard InChI is InChI=1S/C15H18F2N4O2/c1-9-8-18-12-10(13(22)20(3)14(23)19(12)2)11(9)21-6-4-15(16,17)5-7-21/h8H,4-7H2,1-3H3. The summed E-state index contributed by atoms with van der Waals surface area (Å²) in [5.74, 6) is -2.66. The van der Waals surface area contributed by atoms with Gasteiger partial charge in [0.25, 0.3) is 11.5 Å². The summed E-state index contributed by atoms with van der Waals surface area (Å²) in [5, 5.41) is 0.305. The topological polar surface area (TPSA) is 60.1 Å². The Morgan fingerprint density at radius 3 is 2.35 bits per heavy atom. The predicted octanol–water partition coefficient (Wildman–Crippen LogP) is 1.18. The van der Waals surface area contributed by atoms with Crippen molar-refractivity contribution in [1.29, 1.82) is 0 Å². The van der Waals surface area contributed by atoms with E-state index in [1.54, 1.807) is 25.1 Å². The van der Waals surface area contributed by atoms with Gasteiger partial charge in [-0.1, -0.05) is 0 Å². The van der Waals surface area contributed by atoms with Crippen LogP contribution in [0.3, 0.4) is 0 Å². The van der Waals surface area contributed by atoms with Gasteiger partial charge in [0.05, 0.1) is 5.69 Å². The molecular weight excluding hydrogens is 306 g/mol. The third-order valence-corrected chi connectivity index (χ3v) is 4.44. The van der Waals surface area contributed by atoms with Gasteiger partial charge in [-0.05, 0) is 12.5 Å². The number of fused-ring (bicyclic) bond motifs is 1. The maximum atomic E-state index is 13.4. The number of alkyl halides is 2. The predicted molar refractivity (Wildman–Crippen MR) is 83.4 cm³/mol.